The lowest BCUT2D eigenvalue weighted by molar-refractivity contribution is -0.153. The number of ether oxygens (including phenoxy) is 2. The van der Waals surface area contributed by atoms with E-state index in [0.29, 0.717) is 26.2 Å². The monoisotopic (exact) mass is 335 g/mol. The standard InChI is InChI=1S/C16H21N3O5/c1-23-13-5-3-4-12(10-13)18-6-8-19(9-7-18)14(20)11-17-15(21)16(22)24-2/h3-5,10H,6-9,11H2,1-2H3,(H,17,21). The van der Waals surface area contributed by atoms with Gasteiger partial charge < -0.3 is 24.6 Å². The molecule has 0 unspecified atom stereocenters. The van der Waals surface area contributed by atoms with E-state index in [1.165, 1.54) is 0 Å². The van der Waals surface area contributed by atoms with Crippen LogP contribution in [0.5, 0.6) is 5.75 Å². The van der Waals surface area contributed by atoms with Gasteiger partial charge >= 0.3 is 11.9 Å². The number of anilines is 1. The summed E-state index contributed by atoms with van der Waals surface area (Å²) in [6, 6.07) is 7.76. The van der Waals surface area contributed by atoms with Crippen LogP contribution in [0.1, 0.15) is 0 Å². The van der Waals surface area contributed by atoms with E-state index in [1.807, 2.05) is 24.3 Å². The molecule has 1 fully saturated rings. The Balaban J connectivity index is 1.82. The lowest BCUT2D eigenvalue weighted by Crippen LogP contribution is -2.51. The molecule has 130 valence electrons. The first-order valence-corrected chi connectivity index (χ1v) is 7.58. The van der Waals surface area contributed by atoms with Crippen LogP contribution in [0.25, 0.3) is 0 Å². The normalized spacial score (nSPS) is 14.1. The molecule has 1 heterocycles. The summed E-state index contributed by atoms with van der Waals surface area (Å²) in [5, 5.41) is 2.25. The molecule has 2 rings (SSSR count). The van der Waals surface area contributed by atoms with E-state index in [2.05, 4.69) is 15.0 Å². The number of rotatable bonds is 4. The molecule has 0 bridgehead atoms. The second kappa shape index (κ2) is 8.19. The van der Waals surface area contributed by atoms with Gasteiger partial charge in [0.05, 0.1) is 20.8 Å². The average Bonchev–Trinajstić information content (AvgIpc) is 2.65. The van der Waals surface area contributed by atoms with Crippen LogP contribution >= 0.6 is 0 Å². The number of hydrogen-bond donors (Lipinski definition) is 1. The van der Waals surface area contributed by atoms with Gasteiger partial charge in [0, 0.05) is 37.9 Å². The predicted octanol–water partition coefficient (Wildman–Crippen LogP) is -0.367. The van der Waals surface area contributed by atoms with Crippen molar-refractivity contribution >= 4 is 23.5 Å². The van der Waals surface area contributed by atoms with Gasteiger partial charge in [0.15, 0.2) is 0 Å². The molecule has 2 amide bonds. The molecule has 0 radical (unpaired) electrons. The molecular formula is C16H21N3O5. The number of methoxy groups -OCH3 is 2. The Morgan fingerprint density at radius 2 is 1.83 bits per heavy atom. The Kier molecular flexibility index (Phi) is 6.00. The molecule has 24 heavy (non-hydrogen) atoms. The molecule has 0 aromatic heterocycles. The quantitative estimate of drug-likeness (QED) is 0.597. The van der Waals surface area contributed by atoms with Crippen molar-refractivity contribution in [3.63, 3.8) is 0 Å². The Hall–Kier alpha value is -2.77. The zero-order valence-corrected chi connectivity index (χ0v) is 13.8. The summed E-state index contributed by atoms with van der Waals surface area (Å²) >= 11 is 0. The van der Waals surface area contributed by atoms with Crippen molar-refractivity contribution in [3.05, 3.63) is 24.3 Å². The molecule has 1 N–H and O–H groups in total. The molecule has 8 nitrogen and oxygen atoms in total. The Labute approximate surface area is 140 Å². The number of nitrogens with zero attached hydrogens (tertiary/aromatic N) is 2. The number of piperazine rings is 1. The first kappa shape index (κ1) is 17.6. The summed E-state index contributed by atoms with van der Waals surface area (Å²) in [4.78, 5) is 38.2. The number of hydrogen-bond acceptors (Lipinski definition) is 6. The largest absolute Gasteiger partial charge is 0.497 e. The highest BCUT2D eigenvalue weighted by molar-refractivity contribution is 6.32. The van der Waals surface area contributed by atoms with E-state index >= 15 is 0 Å². The molecule has 1 aliphatic rings. The summed E-state index contributed by atoms with van der Waals surface area (Å²) in [6.45, 7) is 2.25. The minimum Gasteiger partial charge on any atom is -0.497 e. The third-order valence-electron chi connectivity index (χ3n) is 3.82. The molecule has 1 aromatic carbocycles. The topological polar surface area (TPSA) is 88.2 Å². The summed E-state index contributed by atoms with van der Waals surface area (Å²) < 4.78 is 9.50. The van der Waals surface area contributed by atoms with Crippen molar-refractivity contribution in [1.29, 1.82) is 0 Å². The van der Waals surface area contributed by atoms with Crippen molar-refractivity contribution in [2.24, 2.45) is 0 Å². The Morgan fingerprint density at radius 1 is 1.12 bits per heavy atom. The maximum atomic E-state index is 12.1. The number of amides is 2. The fourth-order valence-corrected chi connectivity index (χ4v) is 2.45. The van der Waals surface area contributed by atoms with Gasteiger partial charge in [-0.3, -0.25) is 9.59 Å². The van der Waals surface area contributed by atoms with Gasteiger partial charge in [0.25, 0.3) is 0 Å². The highest BCUT2D eigenvalue weighted by Crippen LogP contribution is 2.22. The van der Waals surface area contributed by atoms with Crippen LogP contribution in [0.2, 0.25) is 0 Å². The van der Waals surface area contributed by atoms with Crippen LogP contribution in [-0.2, 0) is 19.1 Å². The minimum absolute atomic E-state index is 0.215. The van der Waals surface area contributed by atoms with Crippen molar-refractivity contribution in [2.75, 3.05) is 51.8 Å². The second-order valence-corrected chi connectivity index (χ2v) is 5.24. The molecule has 1 saturated heterocycles. The molecular weight excluding hydrogens is 314 g/mol. The van der Waals surface area contributed by atoms with Gasteiger partial charge in [-0.2, -0.15) is 0 Å². The fraction of sp³-hybridized carbons (Fsp3) is 0.438. The Morgan fingerprint density at radius 3 is 2.46 bits per heavy atom. The van der Waals surface area contributed by atoms with Crippen LogP contribution in [0, 0.1) is 0 Å². The third kappa shape index (κ3) is 4.37. The van der Waals surface area contributed by atoms with Crippen molar-refractivity contribution in [3.8, 4) is 5.75 Å². The van der Waals surface area contributed by atoms with Crippen LogP contribution in [0.15, 0.2) is 24.3 Å². The summed E-state index contributed by atoms with van der Waals surface area (Å²) in [5.74, 6) is -1.36. The second-order valence-electron chi connectivity index (χ2n) is 5.24. The van der Waals surface area contributed by atoms with Crippen LogP contribution < -0.4 is 15.0 Å². The number of esters is 1. The first-order chi connectivity index (χ1) is 11.5. The molecule has 8 heteroatoms. The van der Waals surface area contributed by atoms with E-state index in [-0.39, 0.29) is 12.5 Å². The average molecular weight is 335 g/mol. The van der Waals surface area contributed by atoms with Crippen LogP contribution in [0.4, 0.5) is 5.69 Å². The number of benzene rings is 1. The van der Waals surface area contributed by atoms with Gasteiger partial charge in [-0.05, 0) is 12.1 Å². The molecule has 1 aliphatic heterocycles. The molecule has 0 atom stereocenters. The van der Waals surface area contributed by atoms with E-state index in [0.717, 1.165) is 18.5 Å². The number of carbonyl (C=O) groups is 3. The maximum Gasteiger partial charge on any atom is 0.396 e. The van der Waals surface area contributed by atoms with Gasteiger partial charge in [-0.25, -0.2) is 4.79 Å². The van der Waals surface area contributed by atoms with Gasteiger partial charge in [-0.1, -0.05) is 6.07 Å². The van der Waals surface area contributed by atoms with Crippen molar-refractivity contribution in [2.45, 2.75) is 0 Å². The van der Waals surface area contributed by atoms with Crippen molar-refractivity contribution < 1.29 is 23.9 Å². The minimum atomic E-state index is -1.01. The predicted molar refractivity (Wildman–Crippen MR) is 86.8 cm³/mol. The van der Waals surface area contributed by atoms with Gasteiger partial charge in [-0.15, -0.1) is 0 Å². The van der Waals surface area contributed by atoms with Gasteiger partial charge in [0.1, 0.15) is 5.75 Å². The number of nitrogens with one attached hydrogen (secondary N) is 1. The first-order valence-electron chi connectivity index (χ1n) is 7.58. The Bertz CT molecular complexity index is 611. The SMILES string of the molecule is COC(=O)C(=O)NCC(=O)N1CCN(c2cccc(OC)c2)CC1. The zero-order chi connectivity index (χ0) is 17.5. The van der Waals surface area contributed by atoms with E-state index < -0.39 is 11.9 Å². The third-order valence-corrected chi connectivity index (χ3v) is 3.82. The van der Waals surface area contributed by atoms with E-state index in [9.17, 15) is 14.4 Å². The molecule has 1 aromatic rings. The van der Waals surface area contributed by atoms with Crippen molar-refractivity contribution in [1.82, 2.24) is 10.2 Å². The van der Waals surface area contributed by atoms with Gasteiger partial charge in [0.2, 0.25) is 5.91 Å². The molecule has 0 spiro atoms. The summed E-state index contributed by atoms with van der Waals surface area (Å²) in [6.07, 6.45) is 0. The summed E-state index contributed by atoms with van der Waals surface area (Å²) in [7, 11) is 2.74. The number of carbonyl (C=O) groups excluding carboxylic acids is 3. The fourth-order valence-electron chi connectivity index (χ4n) is 2.45. The van der Waals surface area contributed by atoms with Crippen LogP contribution in [0.3, 0.4) is 0 Å². The van der Waals surface area contributed by atoms with E-state index in [1.54, 1.807) is 12.0 Å². The van der Waals surface area contributed by atoms with Crippen LogP contribution in [-0.4, -0.2) is 69.6 Å². The lowest BCUT2D eigenvalue weighted by Gasteiger charge is -2.36. The highest BCUT2D eigenvalue weighted by Gasteiger charge is 2.23. The van der Waals surface area contributed by atoms with E-state index in [4.69, 9.17) is 4.74 Å². The summed E-state index contributed by atoms with van der Waals surface area (Å²) in [5.41, 5.74) is 1.04. The molecule has 0 aliphatic carbocycles. The zero-order valence-electron chi connectivity index (χ0n) is 13.8. The maximum absolute atomic E-state index is 12.1. The molecule has 0 saturated carbocycles. The lowest BCUT2D eigenvalue weighted by atomic mass is 10.2. The smallest absolute Gasteiger partial charge is 0.396 e. The highest BCUT2D eigenvalue weighted by atomic mass is 16.5.